The molecule has 2 aromatic rings. The fraction of sp³-hybridized carbons (Fsp3) is 0.333. The number of fused-ring (bicyclic) bond motifs is 1. The molecule has 0 aliphatic carbocycles. The van der Waals surface area contributed by atoms with Crippen molar-refractivity contribution in [2.24, 2.45) is 5.10 Å². The highest BCUT2D eigenvalue weighted by atomic mass is 19.3. The second-order valence-electron chi connectivity index (χ2n) is 6.12. The Morgan fingerprint density at radius 2 is 1.79 bits per heavy atom. The number of hydrogen-bond acceptors (Lipinski definition) is 5. The fourth-order valence-electron chi connectivity index (χ4n) is 2.78. The second-order valence-corrected chi connectivity index (χ2v) is 6.12. The molecule has 0 unspecified atom stereocenters. The van der Waals surface area contributed by atoms with Gasteiger partial charge in [-0.25, -0.2) is 17.6 Å². The van der Waals surface area contributed by atoms with E-state index in [0.29, 0.717) is 5.75 Å². The van der Waals surface area contributed by atoms with Crippen LogP contribution in [0.2, 0.25) is 0 Å². The molecule has 10 heteroatoms. The zero-order valence-electron chi connectivity index (χ0n) is 14.6. The first-order valence-corrected chi connectivity index (χ1v) is 8.14. The van der Waals surface area contributed by atoms with Crippen LogP contribution in [0.25, 0.3) is 10.8 Å². The summed E-state index contributed by atoms with van der Waals surface area (Å²) in [5.41, 5.74) is -4.11. The largest absolute Gasteiger partial charge is 0.497 e. The molecule has 1 N–H and O–H groups in total. The molecule has 0 saturated heterocycles. The molecule has 0 spiro atoms. The van der Waals surface area contributed by atoms with Crippen molar-refractivity contribution in [2.45, 2.75) is 25.0 Å². The number of carbonyl (C=O) groups excluding carboxylic acids is 1. The SMILES string of the molecule is COc1ccc2cc(OCC(=O)N3N=C(C(F)F)C[C@@]3(O)C(F)F)ccc2c1. The molecule has 0 radical (unpaired) electrons. The van der Waals surface area contributed by atoms with Crippen molar-refractivity contribution in [3.8, 4) is 11.5 Å². The zero-order valence-corrected chi connectivity index (χ0v) is 14.6. The van der Waals surface area contributed by atoms with Crippen molar-refractivity contribution in [3.63, 3.8) is 0 Å². The van der Waals surface area contributed by atoms with Crippen LogP contribution in [-0.4, -0.2) is 54.0 Å². The maximum Gasteiger partial charge on any atom is 0.287 e. The van der Waals surface area contributed by atoms with E-state index in [-0.39, 0.29) is 10.8 Å². The number of methoxy groups -OCH3 is 1. The molecule has 6 nitrogen and oxygen atoms in total. The average Bonchev–Trinajstić information content (AvgIpc) is 3.05. The zero-order chi connectivity index (χ0) is 20.5. The highest BCUT2D eigenvalue weighted by molar-refractivity contribution is 5.93. The first kappa shape index (κ1) is 19.9. The van der Waals surface area contributed by atoms with Crippen molar-refractivity contribution < 1.29 is 36.9 Å². The summed E-state index contributed by atoms with van der Waals surface area (Å²) >= 11 is 0. The van der Waals surface area contributed by atoms with Gasteiger partial charge in [0, 0.05) is 6.42 Å². The molecule has 150 valence electrons. The molecule has 1 aliphatic heterocycles. The van der Waals surface area contributed by atoms with Crippen LogP contribution in [0.15, 0.2) is 41.5 Å². The van der Waals surface area contributed by atoms with Crippen LogP contribution in [0.3, 0.4) is 0 Å². The van der Waals surface area contributed by atoms with Crippen LogP contribution in [0.1, 0.15) is 6.42 Å². The van der Waals surface area contributed by atoms with Crippen LogP contribution in [0.5, 0.6) is 11.5 Å². The Morgan fingerprint density at radius 3 is 2.36 bits per heavy atom. The number of ether oxygens (including phenoxy) is 2. The lowest BCUT2D eigenvalue weighted by molar-refractivity contribution is -0.193. The molecule has 0 bridgehead atoms. The minimum atomic E-state index is -3.48. The van der Waals surface area contributed by atoms with Gasteiger partial charge < -0.3 is 14.6 Å². The number of rotatable bonds is 6. The van der Waals surface area contributed by atoms with E-state index in [1.807, 2.05) is 0 Å². The molecule has 3 rings (SSSR count). The van der Waals surface area contributed by atoms with Gasteiger partial charge >= 0.3 is 0 Å². The summed E-state index contributed by atoms with van der Waals surface area (Å²) in [6.45, 7) is -0.767. The first-order valence-electron chi connectivity index (χ1n) is 8.14. The highest BCUT2D eigenvalue weighted by Crippen LogP contribution is 2.33. The fourth-order valence-corrected chi connectivity index (χ4v) is 2.78. The molecule has 1 aliphatic rings. The molecular weight excluding hydrogens is 384 g/mol. The molecule has 0 saturated carbocycles. The standard InChI is InChI=1S/C18H16F4N2O4/c1-27-12-4-2-11-7-13(5-3-10(11)6-12)28-9-15(25)24-18(26,17(21)22)8-14(23-24)16(19)20/h2-7,16-17,26H,8-9H2,1H3/t18-/m1/s1. The van der Waals surface area contributed by atoms with Gasteiger partial charge in [0.2, 0.25) is 5.72 Å². The molecule has 1 heterocycles. The van der Waals surface area contributed by atoms with Crippen LogP contribution in [0, 0.1) is 0 Å². The van der Waals surface area contributed by atoms with E-state index in [9.17, 15) is 27.5 Å². The van der Waals surface area contributed by atoms with Gasteiger partial charge in [0.25, 0.3) is 18.8 Å². The van der Waals surface area contributed by atoms with Gasteiger partial charge in [-0.2, -0.15) is 10.1 Å². The number of halogens is 4. The van der Waals surface area contributed by atoms with Crippen molar-refractivity contribution in [1.82, 2.24) is 5.01 Å². The number of hydrazone groups is 1. The summed E-state index contributed by atoms with van der Waals surface area (Å²) in [5.74, 6) is -0.262. The Labute approximate surface area is 156 Å². The van der Waals surface area contributed by atoms with Crippen LogP contribution < -0.4 is 9.47 Å². The molecule has 1 atom stereocenters. The molecule has 0 fully saturated rings. The third-order valence-corrected chi connectivity index (χ3v) is 4.26. The van der Waals surface area contributed by atoms with Gasteiger partial charge in [-0.3, -0.25) is 4.79 Å². The monoisotopic (exact) mass is 400 g/mol. The first-order chi connectivity index (χ1) is 13.2. The van der Waals surface area contributed by atoms with Gasteiger partial charge in [-0.1, -0.05) is 12.1 Å². The molecule has 28 heavy (non-hydrogen) atoms. The Kier molecular flexibility index (Phi) is 5.41. The number of nitrogens with zero attached hydrogens (tertiary/aromatic N) is 2. The van der Waals surface area contributed by atoms with E-state index in [1.54, 1.807) is 36.4 Å². The normalized spacial score (nSPS) is 19.4. The van der Waals surface area contributed by atoms with Gasteiger partial charge in [0.15, 0.2) is 6.61 Å². The number of benzene rings is 2. The van der Waals surface area contributed by atoms with Crippen LogP contribution in [-0.2, 0) is 4.79 Å². The predicted octanol–water partition coefficient (Wildman–Crippen LogP) is 3.03. The summed E-state index contributed by atoms with van der Waals surface area (Å²) in [7, 11) is 1.53. The number of carbonyl (C=O) groups is 1. The average molecular weight is 400 g/mol. The third-order valence-electron chi connectivity index (χ3n) is 4.26. The van der Waals surface area contributed by atoms with E-state index < -0.39 is 43.2 Å². The lowest BCUT2D eigenvalue weighted by atomic mass is 10.1. The Bertz CT molecular complexity index is 922. The van der Waals surface area contributed by atoms with Crippen molar-refractivity contribution in [2.75, 3.05) is 13.7 Å². The van der Waals surface area contributed by atoms with Crippen LogP contribution in [0.4, 0.5) is 17.6 Å². The maximum absolute atomic E-state index is 13.2. The molecule has 2 aromatic carbocycles. The number of aliphatic hydroxyl groups is 1. The second kappa shape index (κ2) is 7.63. The van der Waals surface area contributed by atoms with E-state index in [0.717, 1.165) is 10.8 Å². The summed E-state index contributed by atoms with van der Waals surface area (Å²) in [5, 5.41) is 14.7. The van der Waals surface area contributed by atoms with E-state index in [2.05, 4.69) is 5.10 Å². The number of alkyl halides is 4. The summed E-state index contributed by atoms with van der Waals surface area (Å²) in [6, 6.07) is 10.1. The summed E-state index contributed by atoms with van der Waals surface area (Å²) in [6.07, 6.45) is -7.78. The summed E-state index contributed by atoms with van der Waals surface area (Å²) < 4.78 is 62.3. The topological polar surface area (TPSA) is 71.4 Å². The van der Waals surface area contributed by atoms with Gasteiger partial charge in [-0.05, 0) is 35.0 Å². The Balaban J connectivity index is 1.74. The minimum Gasteiger partial charge on any atom is -0.497 e. The molecular formula is C18H16F4N2O4. The third kappa shape index (κ3) is 3.72. The maximum atomic E-state index is 13.2. The van der Waals surface area contributed by atoms with E-state index in [4.69, 9.17) is 9.47 Å². The number of amides is 1. The van der Waals surface area contributed by atoms with E-state index in [1.165, 1.54) is 7.11 Å². The van der Waals surface area contributed by atoms with Gasteiger partial charge in [0.1, 0.15) is 17.2 Å². The van der Waals surface area contributed by atoms with Crippen molar-refractivity contribution in [3.05, 3.63) is 36.4 Å². The smallest absolute Gasteiger partial charge is 0.287 e. The Hall–Kier alpha value is -2.88. The highest BCUT2D eigenvalue weighted by Gasteiger charge is 2.53. The lowest BCUT2D eigenvalue weighted by Crippen LogP contribution is -2.52. The minimum absolute atomic E-state index is 0.0227. The van der Waals surface area contributed by atoms with Crippen LogP contribution >= 0.6 is 0 Å². The quantitative estimate of drug-likeness (QED) is 0.757. The van der Waals surface area contributed by atoms with Crippen molar-refractivity contribution in [1.29, 1.82) is 0 Å². The van der Waals surface area contributed by atoms with E-state index >= 15 is 0 Å². The van der Waals surface area contributed by atoms with Gasteiger partial charge in [-0.15, -0.1) is 0 Å². The van der Waals surface area contributed by atoms with Gasteiger partial charge in [0.05, 0.1) is 7.11 Å². The lowest BCUT2D eigenvalue weighted by Gasteiger charge is -2.29. The molecule has 1 amide bonds. The summed E-state index contributed by atoms with van der Waals surface area (Å²) in [4.78, 5) is 12.2. The number of hydrogen-bond donors (Lipinski definition) is 1. The molecule has 0 aromatic heterocycles. The Morgan fingerprint density at radius 1 is 1.18 bits per heavy atom. The predicted molar refractivity (Wildman–Crippen MR) is 91.9 cm³/mol. The van der Waals surface area contributed by atoms with Crippen molar-refractivity contribution >= 4 is 22.4 Å².